The number of hydrogen-bond acceptors (Lipinski definition) is 3. The zero-order valence-corrected chi connectivity index (χ0v) is 10.1. The Morgan fingerprint density at radius 3 is 2.56 bits per heavy atom. The van der Waals surface area contributed by atoms with Crippen molar-refractivity contribution in [2.24, 2.45) is 5.73 Å². The molecule has 0 saturated carbocycles. The lowest BCUT2D eigenvalue weighted by Crippen LogP contribution is -2.17. The first kappa shape index (κ1) is 12.3. The quantitative estimate of drug-likeness (QED) is 0.866. The lowest BCUT2D eigenvalue weighted by atomic mass is 10.0. The van der Waals surface area contributed by atoms with Crippen LogP contribution >= 0.6 is 0 Å². The Bertz CT molecular complexity index is 538. The lowest BCUT2D eigenvalue weighted by molar-refractivity contribution is 0.102. The fourth-order valence-electron chi connectivity index (χ4n) is 1.73. The van der Waals surface area contributed by atoms with Crippen molar-refractivity contribution in [2.45, 2.75) is 13.0 Å². The van der Waals surface area contributed by atoms with Gasteiger partial charge in [0.05, 0.1) is 0 Å². The number of nitrogens with one attached hydrogen (secondary N) is 1. The van der Waals surface area contributed by atoms with Crippen molar-refractivity contribution in [2.75, 3.05) is 5.32 Å². The van der Waals surface area contributed by atoms with Crippen LogP contribution in [0.1, 0.15) is 28.9 Å². The van der Waals surface area contributed by atoms with Gasteiger partial charge in [0.2, 0.25) is 0 Å². The van der Waals surface area contributed by atoms with Gasteiger partial charge in [-0.05, 0) is 30.7 Å². The second-order valence-electron chi connectivity index (χ2n) is 4.07. The summed E-state index contributed by atoms with van der Waals surface area (Å²) in [6.45, 7) is 1.86. The molecule has 2 rings (SSSR count). The smallest absolute Gasteiger partial charge is 0.256 e. The largest absolute Gasteiger partial charge is 0.324 e. The molecule has 1 aromatic carbocycles. The molecule has 0 spiro atoms. The van der Waals surface area contributed by atoms with Crippen molar-refractivity contribution >= 4 is 11.6 Å². The van der Waals surface area contributed by atoms with Gasteiger partial charge in [-0.1, -0.05) is 18.2 Å². The molecular weight excluding hydrogens is 226 g/mol. The van der Waals surface area contributed by atoms with Gasteiger partial charge in [-0.3, -0.25) is 9.78 Å². The Hall–Kier alpha value is -2.20. The van der Waals surface area contributed by atoms with Gasteiger partial charge in [0, 0.05) is 29.7 Å². The third-order valence-corrected chi connectivity index (χ3v) is 2.63. The summed E-state index contributed by atoms with van der Waals surface area (Å²) in [5.74, 6) is -0.158. The van der Waals surface area contributed by atoms with Crippen LogP contribution in [0.4, 0.5) is 5.69 Å². The van der Waals surface area contributed by atoms with E-state index in [-0.39, 0.29) is 11.9 Å². The van der Waals surface area contributed by atoms with E-state index in [1.54, 1.807) is 30.6 Å². The van der Waals surface area contributed by atoms with E-state index in [1.165, 1.54) is 0 Å². The summed E-state index contributed by atoms with van der Waals surface area (Å²) >= 11 is 0. The van der Waals surface area contributed by atoms with E-state index in [4.69, 9.17) is 5.73 Å². The van der Waals surface area contributed by atoms with Crippen LogP contribution in [0.2, 0.25) is 0 Å². The first-order valence-corrected chi connectivity index (χ1v) is 5.74. The summed E-state index contributed by atoms with van der Waals surface area (Å²) in [5, 5.41) is 2.82. The van der Waals surface area contributed by atoms with E-state index in [1.807, 2.05) is 25.1 Å². The Morgan fingerprint density at radius 1 is 1.22 bits per heavy atom. The zero-order chi connectivity index (χ0) is 13.0. The van der Waals surface area contributed by atoms with E-state index in [9.17, 15) is 4.79 Å². The Labute approximate surface area is 106 Å². The first-order chi connectivity index (χ1) is 8.68. The molecule has 0 aliphatic carbocycles. The molecule has 0 fully saturated rings. The van der Waals surface area contributed by atoms with E-state index >= 15 is 0 Å². The number of pyridine rings is 1. The molecule has 4 heteroatoms. The maximum atomic E-state index is 12.2. The lowest BCUT2D eigenvalue weighted by Gasteiger charge is -2.12. The maximum Gasteiger partial charge on any atom is 0.256 e. The Kier molecular flexibility index (Phi) is 3.69. The predicted molar refractivity (Wildman–Crippen MR) is 71.2 cm³/mol. The standard InChI is InChI=1S/C14H15N3O/c1-10(15)12-4-2-3-5-13(12)14(18)17-11-6-8-16-9-7-11/h2-10H,15H2,1H3,(H,16,17,18)/t10-/m0/s1. The normalized spacial score (nSPS) is 11.9. The number of carbonyl (C=O) groups is 1. The first-order valence-electron chi connectivity index (χ1n) is 5.74. The molecule has 2 aromatic rings. The molecule has 0 aliphatic rings. The molecule has 0 unspecified atom stereocenters. The van der Waals surface area contributed by atoms with Crippen LogP contribution in [-0.2, 0) is 0 Å². The highest BCUT2D eigenvalue weighted by atomic mass is 16.1. The molecule has 92 valence electrons. The van der Waals surface area contributed by atoms with Crippen LogP contribution in [0.3, 0.4) is 0 Å². The third kappa shape index (κ3) is 2.73. The highest BCUT2D eigenvalue weighted by Gasteiger charge is 2.13. The highest BCUT2D eigenvalue weighted by Crippen LogP contribution is 2.17. The van der Waals surface area contributed by atoms with Crippen LogP contribution in [-0.4, -0.2) is 10.9 Å². The number of hydrogen-bond donors (Lipinski definition) is 2. The topological polar surface area (TPSA) is 68.0 Å². The minimum atomic E-state index is -0.176. The van der Waals surface area contributed by atoms with E-state index in [0.717, 1.165) is 11.3 Å². The van der Waals surface area contributed by atoms with E-state index < -0.39 is 0 Å². The fourth-order valence-corrected chi connectivity index (χ4v) is 1.73. The van der Waals surface area contributed by atoms with Crippen molar-refractivity contribution in [1.29, 1.82) is 0 Å². The van der Waals surface area contributed by atoms with Crippen LogP contribution in [0.5, 0.6) is 0 Å². The van der Waals surface area contributed by atoms with Gasteiger partial charge in [0.25, 0.3) is 5.91 Å². The summed E-state index contributed by atoms with van der Waals surface area (Å²) in [6, 6.07) is 10.7. The summed E-state index contributed by atoms with van der Waals surface area (Å²) in [5.41, 5.74) is 8.01. The number of benzene rings is 1. The molecule has 0 radical (unpaired) electrons. The Morgan fingerprint density at radius 2 is 1.89 bits per heavy atom. The summed E-state index contributed by atoms with van der Waals surface area (Å²) in [6.07, 6.45) is 3.26. The van der Waals surface area contributed by atoms with Crippen molar-refractivity contribution < 1.29 is 4.79 Å². The number of rotatable bonds is 3. The minimum absolute atomic E-state index is 0.158. The van der Waals surface area contributed by atoms with Crippen molar-refractivity contribution in [3.63, 3.8) is 0 Å². The van der Waals surface area contributed by atoms with Crippen LogP contribution in [0.25, 0.3) is 0 Å². The molecule has 0 saturated heterocycles. The van der Waals surface area contributed by atoms with Gasteiger partial charge in [-0.25, -0.2) is 0 Å². The van der Waals surface area contributed by atoms with E-state index in [2.05, 4.69) is 10.3 Å². The number of nitrogens with zero attached hydrogens (tertiary/aromatic N) is 1. The molecule has 3 N–H and O–H groups in total. The number of amides is 1. The molecule has 0 aliphatic heterocycles. The van der Waals surface area contributed by atoms with Gasteiger partial charge in [-0.15, -0.1) is 0 Å². The third-order valence-electron chi connectivity index (χ3n) is 2.63. The molecule has 1 amide bonds. The summed E-state index contributed by atoms with van der Waals surface area (Å²) < 4.78 is 0. The molecule has 4 nitrogen and oxygen atoms in total. The molecule has 18 heavy (non-hydrogen) atoms. The average Bonchev–Trinajstić information content (AvgIpc) is 2.40. The summed E-state index contributed by atoms with van der Waals surface area (Å²) in [7, 11) is 0. The van der Waals surface area contributed by atoms with E-state index in [0.29, 0.717) is 5.56 Å². The van der Waals surface area contributed by atoms with Crippen LogP contribution in [0, 0.1) is 0 Å². The average molecular weight is 241 g/mol. The second-order valence-corrected chi connectivity index (χ2v) is 4.07. The molecule has 1 atom stereocenters. The van der Waals surface area contributed by atoms with Gasteiger partial charge in [-0.2, -0.15) is 0 Å². The van der Waals surface area contributed by atoms with Gasteiger partial charge < -0.3 is 11.1 Å². The monoisotopic (exact) mass is 241 g/mol. The van der Waals surface area contributed by atoms with Crippen molar-refractivity contribution in [3.8, 4) is 0 Å². The maximum absolute atomic E-state index is 12.2. The highest BCUT2D eigenvalue weighted by molar-refractivity contribution is 6.05. The SMILES string of the molecule is C[C@H](N)c1ccccc1C(=O)Nc1ccncc1. The minimum Gasteiger partial charge on any atom is -0.324 e. The van der Waals surface area contributed by atoms with Crippen molar-refractivity contribution in [1.82, 2.24) is 4.98 Å². The van der Waals surface area contributed by atoms with Crippen LogP contribution in [0.15, 0.2) is 48.8 Å². The van der Waals surface area contributed by atoms with Gasteiger partial charge in [0.15, 0.2) is 0 Å². The van der Waals surface area contributed by atoms with Crippen LogP contribution < -0.4 is 11.1 Å². The Balaban J connectivity index is 2.24. The second kappa shape index (κ2) is 5.42. The van der Waals surface area contributed by atoms with Crippen molar-refractivity contribution in [3.05, 3.63) is 59.9 Å². The predicted octanol–water partition coefficient (Wildman–Crippen LogP) is 2.35. The number of anilines is 1. The summed E-state index contributed by atoms with van der Waals surface area (Å²) in [4.78, 5) is 16.1. The number of aromatic nitrogens is 1. The molecule has 1 heterocycles. The molecule has 0 bridgehead atoms. The van der Waals surface area contributed by atoms with Gasteiger partial charge >= 0.3 is 0 Å². The molecule has 1 aromatic heterocycles. The fraction of sp³-hybridized carbons (Fsp3) is 0.143. The molecular formula is C14H15N3O. The number of nitrogens with two attached hydrogens (primary N) is 1. The zero-order valence-electron chi connectivity index (χ0n) is 10.1. The number of carbonyl (C=O) groups excluding carboxylic acids is 1. The van der Waals surface area contributed by atoms with Gasteiger partial charge in [0.1, 0.15) is 0 Å².